The van der Waals surface area contributed by atoms with Crippen LogP contribution in [0.25, 0.3) is 93.0 Å². The van der Waals surface area contributed by atoms with Gasteiger partial charge in [0.1, 0.15) is 0 Å². The summed E-state index contributed by atoms with van der Waals surface area (Å²) in [5.41, 5.74) is 9.75. The first-order chi connectivity index (χ1) is 25.2. The number of rotatable bonds is 5. The standard InChI is InChI=1S/C46H30N4S/c1-29-13-12-18-32(25-29)36-26-33(46-48-44(30-14-4-2-5-15-30)47-45(49-46)31-16-6-3-7-17-31)23-24-40(36)50-39-21-10-8-19-34(39)37-28-43-38(27-41(37)50)35-20-9-11-22-42(35)51-43/h2-28H,1H3. The van der Waals surface area contributed by atoms with Gasteiger partial charge in [0.2, 0.25) is 0 Å². The van der Waals surface area contributed by atoms with Crippen LogP contribution in [0.15, 0.2) is 164 Å². The largest absolute Gasteiger partial charge is 0.309 e. The van der Waals surface area contributed by atoms with Crippen molar-refractivity contribution in [1.29, 1.82) is 0 Å². The second-order valence-corrected chi connectivity index (χ2v) is 14.0. The Hall–Kier alpha value is -6.43. The summed E-state index contributed by atoms with van der Waals surface area (Å²) >= 11 is 1.86. The number of fused-ring (bicyclic) bond motifs is 6. The van der Waals surface area contributed by atoms with Crippen LogP contribution in [0.3, 0.4) is 0 Å². The fourth-order valence-electron chi connectivity index (χ4n) is 7.30. The zero-order valence-electron chi connectivity index (χ0n) is 27.8. The number of benzene rings is 7. The van der Waals surface area contributed by atoms with Gasteiger partial charge in [0.05, 0.1) is 16.7 Å². The van der Waals surface area contributed by atoms with Crippen LogP contribution >= 0.6 is 11.3 Å². The number of para-hydroxylation sites is 1. The SMILES string of the molecule is Cc1cccc(-c2cc(-c3nc(-c4ccccc4)nc(-c4ccccc4)n3)ccc2-n2c3ccccc3c3cc4sc5ccccc5c4cc32)c1. The first-order valence-corrected chi connectivity index (χ1v) is 17.9. The van der Waals surface area contributed by atoms with Gasteiger partial charge in [0.15, 0.2) is 17.5 Å². The Morgan fingerprint density at radius 3 is 1.76 bits per heavy atom. The minimum absolute atomic E-state index is 0.636. The highest BCUT2D eigenvalue weighted by Gasteiger charge is 2.20. The molecule has 0 unspecified atom stereocenters. The van der Waals surface area contributed by atoms with Crippen molar-refractivity contribution in [1.82, 2.24) is 19.5 Å². The lowest BCUT2D eigenvalue weighted by molar-refractivity contribution is 1.07. The summed E-state index contributed by atoms with van der Waals surface area (Å²) in [6, 6.07) is 57.9. The topological polar surface area (TPSA) is 43.6 Å². The molecule has 0 spiro atoms. The molecule has 10 aromatic rings. The summed E-state index contributed by atoms with van der Waals surface area (Å²) in [7, 11) is 0. The lowest BCUT2D eigenvalue weighted by Crippen LogP contribution is -2.02. The molecule has 51 heavy (non-hydrogen) atoms. The maximum atomic E-state index is 5.07. The lowest BCUT2D eigenvalue weighted by atomic mass is 9.98. The smallest absolute Gasteiger partial charge is 0.164 e. The fourth-order valence-corrected chi connectivity index (χ4v) is 8.43. The molecule has 0 amide bonds. The zero-order valence-corrected chi connectivity index (χ0v) is 28.6. The summed E-state index contributed by atoms with van der Waals surface area (Å²) < 4.78 is 5.05. The Labute approximate surface area is 299 Å². The molecule has 0 fully saturated rings. The number of thiophene rings is 1. The Morgan fingerprint density at radius 2 is 1.04 bits per heavy atom. The van der Waals surface area contributed by atoms with Crippen molar-refractivity contribution in [2.24, 2.45) is 0 Å². The number of hydrogen-bond donors (Lipinski definition) is 0. The van der Waals surface area contributed by atoms with E-state index in [1.807, 2.05) is 72.0 Å². The van der Waals surface area contributed by atoms with Crippen molar-refractivity contribution in [2.45, 2.75) is 6.92 Å². The first-order valence-electron chi connectivity index (χ1n) is 17.1. The molecule has 0 atom stereocenters. The molecule has 0 aliphatic carbocycles. The van der Waals surface area contributed by atoms with Crippen molar-refractivity contribution in [3.05, 3.63) is 169 Å². The Balaban J connectivity index is 1.25. The third kappa shape index (κ3) is 5.01. The predicted octanol–water partition coefficient (Wildman–Crippen LogP) is 12.3. The third-order valence-electron chi connectivity index (χ3n) is 9.70. The van der Waals surface area contributed by atoms with Crippen LogP contribution < -0.4 is 0 Å². The van der Waals surface area contributed by atoms with Crippen molar-refractivity contribution >= 4 is 53.3 Å². The molecule has 3 heterocycles. The quantitative estimate of drug-likeness (QED) is 0.183. The highest BCUT2D eigenvalue weighted by Crippen LogP contribution is 2.42. The normalized spacial score (nSPS) is 11.6. The van der Waals surface area contributed by atoms with E-state index in [1.54, 1.807) is 0 Å². The molecule has 3 aromatic heterocycles. The van der Waals surface area contributed by atoms with Gasteiger partial charge in [0, 0.05) is 53.2 Å². The van der Waals surface area contributed by atoms with Gasteiger partial charge in [0.25, 0.3) is 0 Å². The fraction of sp³-hybridized carbons (Fsp3) is 0.0217. The van der Waals surface area contributed by atoms with Gasteiger partial charge in [-0.05, 0) is 55.0 Å². The molecule has 0 bridgehead atoms. The van der Waals surface area contributed by atoms with Crippen LogP contribution in [-0.2, 0) is 0 Å². The van der Waals surface area contributed by atoms with E-state index in [2.05, 4.69) is 115 Å². The number of nitrogens with zero attached hydrogens (tertiary/aromatic N) is 4. The van der Waals surface area contributed by atoms with Crippen molar-refractivity contribution in [3.8, 4) is 51.0 Å². The molecule has 0 saturated heterocycles. The number of aromatic nitrogens is 4. The Kier molecular flexibility index (Phi) is 6.86. The molecule has 240 valence electrons. The third-order valence-corrected chi connectivity index (χ3v) is 10.8. The molecule has 7 aromatic carbocycles. The maximum Gasteiger partial charge on any atom is 0.164 e. The predicted molar refractivity (Wildman–Crippen MR) is 214 cm³/mol. The molecule has 0 aliphatic rings. The van der Waals surface area contributed by atoms with Gasteiger partial charge in [-0.25, -0.2) is 15.0 Å². The Morgan fingerprint density at radius 1 is 0.412 bits per heavy atom. The van der Waals surface area contributed by atoms with Gasteiger partial charge >= 0.3 is 0 Å². The summed E-state index contributed by atoms with van der Waals surface area (Å²) in [4.78, 5) is 15.1. The van der Waals surface area contributed by atoms with Gasteiger partial charge in [-0.3, -0.25) is 0 Å². The van der Waals surface area contributed by atoms with Crippen LogP contribution in [0.1, 0.15) is 5.56 Å². The zero-order chi connectivity index (χ0) is 33.9. The Bertz CT molecular complexity index is 2870. The molecule has 5 heteroatoms. The van der Waals surface area contributed by atoms with E-state index in [0.717, 1.165) is 33.5 Å². The summed E-state index contributed by atoms with van der Waals surface area (Å²) in [6.07, 6.45) is 0. The van der Waals surface area contributed by atoms with E-state index in [0.29, 0.717) is 17.5 Å². The lowest BCUT2D eigenvalue weighted by Gasteiger charge is -2.16. The van der Waals surface area contributed by atoms with E-state index in [9.17, 15) is 0 Å². The van der Waals surface area contributed by atoms with Gasteiger partial charge in [-0.15, -0.1) is 11.3 Å². The van der Waals surface area contributed by atoms with E-state index in [-0.39, 0.29) is 0 Å². The first kappa shape index (κ1) is 29.5. The molecule has 0 saturated carbocycles. The van der Waals surface area contributed by atoms with Crippen LogP contribution in [0, 0.1) is 6.92 Å². The average molecular weight is 671 g/mol. The van der Waals surface area contributed by atoms with Gasteiger partial charge in [-0.1, -0.05) is 127 Å². The maximum absolute atomic E-state index is 5.07. The summed E-state index contributed by atoms with van der Waals surface area (Å²) in [5, 5.41) is 5.07. The van der Waals surface area contributed by atoms with Crippen LogP contribution in [-0.4, -0.2) is 19.5 Å². The van der Waals surface area contributed by atoms with Crippen molar-refractivity contribution < 1.29 is 0 Å². The molecular formula is C46H30N4S. The van der Waals surface area contributed by atoms with Crippen molar-refractivity contribution in [3.63, 3.8) is 0 Å². The van der Waals surface area contributed by atoms with E-state index in [1.165, 1.54) is 47.5 Å². The van der Waals surface area contributed by atoms with E-state index >= 15 is 0 Å². The molecular weight excluding hydrogens is 641 g/mol. The average Bonchev–Trinajstić information content (AvgIpc) is 3.72. The van der Waals surface area contributed by atoms with Gasteiger partial charge in [-0.2, -0.15) is 0 Å². The minimum Gasteiger partial charge on any atom is -0.309 e. The minimum atomic E-state index is 0.636. The highest BCUT2D eigenvalue weighted by atomic mass is 32.1. The molecule has 4 nitrogen and oxygen atoms in total. The highest BCUT2D eigenvalue weighted by molar-refractivity contribution is 7.25. The summed E-state index contributed by atoms with van der Waals surface area (Å²) in [6.45, 7) is 2.15. The molecule has 0 aliphatic heterocycles. The monoisotopic (exact) mass is 670 g/mol. The molecule has 0 radical (unpaired) electrons. The second-order valence-electron chi connectivity index (χ2n) is 13.0. The second kappa shape index (κ2) is 11.9. The molecule has 10 rings (SSSR count). The van der Waals surface area contributed by atoms with Crippen LogP contribution in [0.4, 0.5) is 0 Å². The van der Waals surface area contributed by atoms with Crippen LogP contribution in [0.2, 0.25) is 0 Å². The van der Waals surface area contributed by atoms with Crippen LogP contribution in [0.5, 0.6) is 0 Å². The molecule has 0 N–H and O–H groups in total. The number of aryl methyl sites for hydroxylation is 1. The van der Waals surface area contributed by atoms with E-state index < -0.39 is 0 Å². The van der Waals surface area contributed by atoms with Crippen molar-refractivity contribution in [2.75, 3.05) is 0 Å². The summed E-state index contributed by atoms with van der Waals surface area (Å²) in [5.74, 6) is 1.93. The van der Waals surface area contributed by atoms with Gasteiger partial charge < -0.3 is 4.57 Å². The number of hydrogen-bond acceptors (Lipinski definition) is 4. The van der Waals surface area contributed by atoms with E-state index in [4.69, 9.17) is 15.0 Å².